The maximum Gasteiger partial charge on any atom is 0.123 e. The molecule has 2 N–H and O–H groups in total. The van der Waals surface area contributed by atoms with Crippen LogP contribution in [0.4, 0.5) is 4.39 Å². The lowest BCUT2D eigenvalue weighted by atomic mass is 10.0. The molecule has 0 aliphatic rings. The van der Waals surface area contributed by atoms with E-state index in [4.69, 9.17) is 11.6 Å². The lowest BCUT2D eigenvalue weighted by Crippen LogP contribution is -2.28. The first-order valence-electron chi connectivity index (χ1n) is 6.90. The van der Waals surface area contributed by atoms with E-state index in [-0.39, 0.29) is 5.82 Å². The molecule has 0 radical (unpaired) electrons. The van der Waals surface area contributed by atoms with E-state index in [2.05, 4.69) is 0 Å². The molecule has 0 saturated heterocycles. The van der Waals surface area contributed by atoms with Crippen molar-refractivity contribution in [1.82, 2.24) is 4.57 Å². The Hall–Kier alpha value is -1.88. The van der Waals surface area contributed by atoms with E-state index >= 15 is 0 Å². The van der Waals surface area contributed by atoms with Crippen LogP contribution in [0, 0.1) is 5.82 Å². The summed E-state index contributed by atoms with van der Waals surface area (Å²) in [5, 5.41) is 21.1. The molecular formula is C17H15ClFNO2. The van der Waals surface area contributed by atoms with Crippen LogP contribution in [0.25, 0.3) is 10.9 Å². The Bertz CT molecular complexity index is 802. The van der Waals surface area contributed by atoms with Crippen LogP contribution in [0.2, 0.25) is 5.02 Å². The number of hydrogen-bond acceptors (Lipinski definition) is 2. The van der Waals surface area contributed by atoms with E-state index in [9.17, 15) is 14.6 Å². The van der Waals surface area contributed by atoms with Gasteiger partial charge in [0.05, 0.1) is 18.2 Å². The van der Waals surface area contributed by atoms with Crippen LogP contribution in [-0.2, 0) is 0 Å². The van der Waals surface area contributed by atoms with Crippen molar-refractivity contribution in [2.75, 3.05) is 6.61 Å². The van der Waals surface area contributed by atoms with Crippen LogP contribution in [0.1, 0.15) is 11.6 Å². The quantitative estimate of drug-likeness (QED) is 0.774. The van der Waals surface area contributed by atoms with Gasteiger partial charge >= 0.3 is 0 Å². The van der Waals surface area contributed by atoms with Gasteiger partial charge in [-0.1, -0.05) is 29.8 Å². The predicted molar refractivity (Wildman–Crippen MR) is 84.6 cm³/mol. The number of benzene rings is 2. The Morgan fingerprint density at radius 3 is 2.68 bits per heavy atom. The van der Waals surface area contributed by atoms with Gasteiger partial charge in [0.1, 0.15) is 11.9 Å². The number of aliphatic hydroxyl groups excluding tert-OH is 2. The molecule has 114 valence electrons. The van der Waals surface area contributed by atoms with Gasteiger partial charge in [-0.15, -0.1) is 0 Å². The van der Waals surface area contributed by atoms with Gasteiger partial charge in [0.2, 0.25) is 0 Å². The summed E-state index contributed by atoms with van der Waals surface area (Å²) < 4.78 is 15.3. The highest BCUT2D eigenvalue weighted by Crippen LogP contribution is 2.29. The van der Waals surface area contributed by atoms with Gasteiger partial charge in [0, 0.05) is 11.2 Å². The topological polar surface area (TPSA) is 45.4 Å². The van der Waals surface area contributed by atoms with E-state index in [1.165, 1.54) is 12.1 Å². The number of rotatable bonds is 4. The third kappa shape index (κ3) is 2.73. The second kappa shape index (κ2) is 6.08. The largest absolute Gasteiger partial charge is 0.394 e. The van der Waals surface area contributed by atoms with Crippen LogP contribution >= 0.6 is 11.6 Å². The monoisotopic (exact) mass is 319 g/mol. The molecule has 0 unspecified atom stereocenters. The molecule has 0 bridgehead atoms. The minimum Gasteiger partial charge on any atom is -0.394 e. The molecule has 0 spiro atoms. The maximum atomic E-state index is 13.5. The zero-order valence-corrected chi connectivity index (χ0v) is 12.4. The summed E-state index contributed by atoms with van der Waals surface area (Å²) in [5.41, 5.74) is 1.40. The van der Waals surface area contributed by atoms with Gasteiger partial charge in [-0.2, -0.15) is 0 Å². The van der Waals surface area contributed by atoms with Crippen LogP contribution in [-0.4, -0.2) is 27.5 Å². The lowest BCUT2D eigenvalue weighted by molar-refractivity contribution is 0.0653. The zero-order chi connectivity index (χ0) is 15.7. The number of aliphatic hydroxyl groups is 2. The fourth-order valence-corrected chi connectivity index (χ4v) is 2.89. The summed E-state index contributed by atoms with van der Waals surface area (Å²) in [6.07, 6.45) is 0.742. The lowest BCUT2D eigenvalue weighted by Gasteiger charge is -2.25. The number of nitrogens with zero attached hydrogens (tertiary/aromatic N) is 1. The molecule has 2 aromatic carbocycles. The number of aromatic nitrogens is 1. The maximum absolute atomic E-state index is 13.5. The molecule has 1 heterocycles. The summed E-state index contributed by atoms with van der Waals surface area (Å²) in [7, 11) is 0. The standard InChI is InChI=1S/C17H15ClFNO2/c18-13-5-4-11-6-7-20(15(11)9-13)17(16(22)10-21)12-2-1-3-14(19)8-12/h1-9,16-17,21-22H,10H2/t16-,17+/m1/s1. The second-order valence-corrected chi connectivity index (χ2v) is 5.61. The molecule has 3 rings (SSSR count). The van der Waals surface area contributed by atoms with Crippen LogP contribution in [0.15, 0.2) is 54.7 Å². The van der Waals surface area contributed by atoms with Crippen LogP contribution in [0.3, 0.4) is 0 Å². The fourth-order valence-electron chi connectivity index (χ4n) is 2.72. The number of halogens is 2. The van der Waals surface area contributed by atoms with Crippen molar-refractivity contribution in [2.45, 2.75) is 12.1 Å². The Morgan fingerprint density at radius 2 is 1.95 bits per heavy atom. The Labute approximate surface area is 132 Å². The molecule has 0 saturated carbocycles. The molecule has 22 heavy (non-hydrogen) atoms. The highest BCUT2D eigenvalue weighted by atomic mass is 35.5. The van der Waals surface area contributed by atoms with Crippen molar-refractivity contribution in [3.05, 3.63) is 71.1 Å². The number of fused-ring (bicyclic) bond motifs is 1. The molecule has 3 nitrogen and oxygen atoms in total. The van der Waals surface area contributed by atoms with E-state index in [0.29, 0.717) is 10.6 Å². The number of hydrogen-bond donors (Lipinski definition) is 2. The third-order valence-electron chi connectivity index (χ3n) is 3.73. The molecule has 0 aliphatic heterocycles. The zero-order valence-electron chi connectivity index (χ0n) is 11.7. The van der Waals surface area contributed by atoms with E-state index < -0.39 is 18.8 Å². The summed E-state index contributed by atoms with van der Waals surface area (Å²) in [4.78, 5) is 0. The van der Waals surface area contributed by atoms with Gasteiger partial charge in [-0.25, -0.2) is 4.39 Å². The van der Waals surface area contributed by atoms with Gasteiger partial charge in [-0.3, -0.25) is 0 Å². The van der Waals surface area contributed by atoms with Crippen molar-refractivity contribution in [1.29, 1.82) is 0 Å². The predicted octanol–water partition coefficient (Wildman–Crippen LogP) is 3.38. The molecule has 0 amide bonds. The van der Waals surface area contributed by atoms with Crippen LogP contribution < -0.4 is 0 Å². The first kappa shape index (κ1) is 15.0. The minimum absolute atomic E-state index is 0.387. The van der Waals surface area contributed by atoms with Gasteiger partial charge in [0.25, 0.3) is 0 Å². The van der Waals surface area contributed by atoms with Gasteiger partial charge < -0.3 is 14.8 Å². The average molecular weight is 320 g/mol. The molecule has 3 aromatic rings. The Morgan fingerprint density at radius 1 is 1.14 bits per heavy atom. The van der Waals surface area contributed by atoms with E-state index in [0.717, 1.165) is 10.9 Å². The summed E-state index contributed by atoms with van der Waals surface area (Å²) in [6.45, 7) is -0.429. The fraction of sp³-hybridized carbons (Fsp3) is 0.176. The smallest absolute Gasteiger partial charge is 0.123 e. The summed E-state index contributed by atoms with van der Waals surface area (Å²) >= 11 is 6.05. The SMILES string of the molecule is OC[C@@H](O)[C@H](c1cccc(F)c1)n1ccc2ccc(Cl)cc21. The third-order valence-corrected chi connectivity index (χ3v) is 3.96. The van der Waals surface area contributed by atoms with Gasteiger partial charge in [0.15, 0.2) is 0 Å². The Kier molecular flexibility index (Phi) is 4.16. The highest BCUT2D eigenvalue weighted by Gasteiger charge is 2.24. The highest BCUT2D eigenvalue weighted by molar-refractivity contribution is 6.31. The van der Waals surface area contributed by atoms with Crippen LogP contribution in [0.5, 0.6) is 0 Å². The first-order valence-corrected chi connectivity index (χ1v) is 7.28. The van der Waals surface area contributed by atoms with E-state index in [1.54, 1.807) is 35.0 Å². The van der Waals surface area contributed by atoms with Crippen molar-refractivity contribution in [3.8, 4) is 0 Å². The van der Waals surface area contributed by atoms with Crippen molar-refractivity contribution >= 4 is 22.5 Å². The second-order valence-electron chi connectivity index (χ2n) is 5.18. The molecular weight excluding hydrogens is 305 g/mol. The molecule has 2 atom stereocenters. The van der Waals surface area contributed by atoms with Crippen molar-refractivity contribution in [3.63, 3.8) is 0 Å². The minimum atomic E-state index is -1.06. The molecule has 5 heteroatoms. The van der Waals surface area contributed by atoms with Gasteiger partial charge in [-0.05, 0) is 41.3 Å². The molecule has 0 aliphatic carbocycles. The van der Waals surface area contributed by atoms with E-state index in [1.807, 2.05) is 12.1 Å². The normalized spacial score (nSPS) is 14.2. The molecule has 0 fully saturated rings. The Balaban J connectivity index is 2.18. The summed E-state index contributed by atoms with van der Waals surface area (Å²) in [5.74, 6) is -0.387. The summed E-state index contributed by atoms with van der Waals surface area (Å²) in [6, 6.07) is 12.8. The van der Waals surface area contributed by atoms with Crippen molar-refractivity contribution < 1.29 is 14.6 Å². The average Bonchev–Trinajstić information content (AvgIpc) is 2.90. The van der Waals surface area contributed by atoms with Crippen molar-refractivity contribution in [2.24, 2.45) is 0 Å². The first-order chi connectivity index (χ1) is 10.6. The molecule has 1 aromatic heterocycles.